The second-order valence-corrected chi connectivity index (χ2v) is 8.14. The molecular formula is C20H19ClN2OS. The second-order valence-electron chi connectivity index (χ2n) is 6.34. The third-order valence-electron chi connectivity index (χ3n) is 4.71. The lowest BCUT2D eigenvalue weighted by molar-refractivity contribution is 0.414. The maximum Gasteiger partial charge on any atom is 0.118 e. The normalized spacial score (nSPS) is 19.0. The highest BCUT2D eigenvalue weighted by Gasteiger charge is 2.40. The lowest BCUT2D eigenvalue weighted by Gasteiger charge is -2.30. The molecule has 0 amide bonds. The van der Waals surface area contributed by atoms with E-state index >= 15 is 0 Å². The van der Waals surface area contributed by atoms with Crippen LogP contribution in [0.4, 0.5) is 0 Å². The Labute approximate surface area is 157 Å². The van der Waals surface area contributed by atoms with Crippen LogP contribution in [-0.4, -0.2) is 16.7 Å². The fourth-order valence-electron chi connectivity index (χ4n) is 3.50. The maximum absolute atomic E-state index is 6.21. The molecule has 0 bridgehead atoms. The molecule has 0 saturated heterocycles. The zero-order valence-electron chi connectivity index (χ0n) is 14.0. The molecule has 0 aliphatic carbocycles. The van der Waals surface area contributed by atoms with Gasteiger partial charge in [-0.3, -0.25) is 0 Å². The van der Waals surface area contributed by atoms with Crippen molar-refractivity contribution >= 4 is 23.4 Å². The van der Waals surface area contributed by atoms with Crippen LogP contribution in [-0.2, 0) is 23.5 Å². The van der Waals surface area contributed by atoms with Crippen molar-refractivity contribution in [3.63, 3.8) is 0 Å². The van der Waals surface area contributed by atoms with Crippen LogP contribution in [0, 0.1) is 0 Å². The Morgan fingerprint density at radius 3 is 2.80 bits per heavy atom. The van der Waals surface area contributed by atoms with Crippen LogP contribution in [0.2, 0.25) is 5.02 Å². The summed E-state index contributed by atoms with van der Waals surface area (Å²) in [6.45, 7) is 0.887. The predicted molar refractivity (Wildman–Crippen MR) is 103 cm³/mol. The molecule has 3 aromatic rings. The van der Waals surface area contributed by atoms with E-state index in [1.54, 1.807) is 7.11 Å². The number of methoxy groups -OCH3 is 1. The highest BCUT2D eigenvalue weighted by molar-refractivity contribution is 7.99. The first-order valence-corrected chi connectivity index (χ1v) is 9.56. The summed E-state index contributed by atoms with van der Waals surface area (Å²) in [5.41, 5.74) is 4.02. The molecule has 1 aromatic heterocycles. The third-order valence-corrected chi connectivity index (χ3v) is 6.44. The van der Waals surface area contributed by atoms with E-state index in [1.807, 2.05) is 48.7 Å². The van der Waals surface area contributed by atoms with Gasteiger partial charge in [0.1, 0.15) is 5.75 Å². The molecule has 1 unspecified atom stereocenters. The maximum atomic E-state index is 6.21. The van der Waals surface area contributed by atoms with Crippen LogP contribution in [0.15, 0.2) is 61.2 Å². The molecule has 1 atom stereocenters. The minimum absolute atomic E-state index is 0.0186. The molecule has 0 radical (unpaired) electrons. The van der Waals surface area contributed by atoms with Gasteiger partial charge in [0.15, 0.2) is 0 Å². The first kappa shape index (κ1) is 16.6. The summed E-state index contributed by atoms with van der Waals surface area (Å²) in [5, 5.41) is 0.808. The zero-order valence-corrected chi connectivity index (χ0v) is 15.6. The van der Waals surface area contributed by atoms with Crippen molar-refractivity contribution in [1.82, 2.24) is 9.55 Å². The Balaban J connectivity index is 1.72. The molecule has 0 saturated carbocycles. The van der Waals surface area contributed by atoms with Gasteiger partial charge in [-0.2, -0.15) is 0 Å². The monoisotopic (exact) mass is 370 g/mol. The molecule has 2 heterocycles. The average Bonchev–Trinajstić information content (AvgIpc) is 3.24. The van der Waals surface area contributed by atoms with Crippen LogP contribution < -0.4 is 4.74 Å². The van der Waals surface area contributed by atoms with Crippen molar-refractivity contribution in [2.45, 2.75) is 23.5 Å². The van der Waals surface area contributed by atoms with Crippen molar-refractivity contribution in [2.24, 2.45) is 0 Å². The zero-order chi connectivity index (χ0) is 17.3. The molecule has 128 valence electrons. The number of benzene rings is 2. The molecule has 2 aromatic carbocycles. The van der Waals surface area contributed by atoms with Crippen LogP contribution in [0.25, 0.3) is 0 Å². The Morgan fingerprint density at radius 1 is 1.24 bits per heavy atom. The van der Waals surface area contributed by atoms with Gasteiger partial charge < -0.3 is 9.30 Å². The van der Waals surface area contributed by atoms with E-state index in [-0.39, 0.29) is 4.75 Å². The molecule has 25 heavy (non-hydrogen) atoms. The molecule has 3 nitrogen and oxygen atoms in total. The van der Waals surface area contributed by atoms with Gasteiger partial charge >= 0.3 is 0 Å². The summed E-state index contributed by atoms with van der Waals surface area (Å²) in [4.78, 5) is 4.21. The number of nitrogens with zero attached hydrogens (tertiary/aromatic N) is 2. The number of ether oxygens (including phenoxy) is 1. The van der Waals surface area contributed by atoms with Gasteiger partial charge in [0.25, 0.3) is 0 Å². The predicted octanol–water partition coefficient (Wildman–Crippen LogP) is 4.93. The highest BCUT2D eigenvalue weighted by atomic mass is 35.5. The van der Waals surface area contributed by atoms with Gasteiger partial charge in [-0.25, -0.2) is 4.98 Å². The van der Waals surface area contributed by atoms with E-state index < -0.39 is 0 Å². The van der Waals surface area contributed by atoms with E-state index in [4.69, 9.17) is 16.3 Å². The van der Waals surface area contributed by atoms with Gasteiger partial charge in [-0.05, 0) is 47.4 Å². The SMILES string of the molecule is COc1ccc(CC2(Cn3ccnc3)SCc3cc(Cl)ccc32)cc1. The van der Waals surface area contributed by atoms with Crippen molar-refractivity contribution in [1.29, 1.82) is 0 Å². The van der Waals surface area contributed by atoms with E-state index in [9.17, 15) is 0 Å². The van der Waals surface area contributed by atoms with Crippen LogP contribution in [0.5, 0.6) is 5.75 Å². The number of thioether (sulfide) groups is 1. The summed E-state index contributed by atoms with van der Waals surface area (Å²) in [7, 11) is 1.70. The number of hydrogen-bond donors (Lipinski definition) is 0. The topological polar surface area (TPSA) is 27.1 Å². The minimum Gasteiger partial charge on any atom is -0.497 e. The van der Waals surface area contributed by atoms with E-state index in [0.717, 1.165) is 29.5 Å². The molecule has 4 rings (SSSR count). The van der Waals surface area contributed by atoms with Crippen molar-refractivity contribution < 1.29 is 4.74 Å². The quantitative estimate of drug-likeness (QED) is 0.637. The highest BCUT2D eigenvalue weighted by Crippen LogP contribution is 2.51. The van der Waals surface area contributed by atoms with Crippen LogP contribution in [0.1, 0.15) is 16.7 Å². The summed E-state index contributed by atoms with van der Waals surface area (Å²) in [6.07, 6.45) is 6.71. The number of hydrogen-bond acceptors (Lipinski definition) is 3. The Bertz CT molecular complexity index is 864. The molecule has 0 N–H and O–H groups in total. The Morgan fingerprint density at radius 2 is 2.08 bits per heavy atom. The van der Waals surface area contributed by atoms with E-state index in [2.05, 4.69) is 33.8 Å². The molecule has 1 aliphatic heterocycles. The first-order chi connectivity index (χ1) is 12.2. The van der Waals surface area contributed by atoms with E-state index in [0.29, 0.717) is 0 Å². The number of fused-ring (bicyclic) bond motifs is 1. The summed E-state index contributed by atoms with van der Waals surface area (Å²) in [6, 6.07) is 14.7. The minimum atomic E-state index is -0.0186. The lowest BCUT2D eigenvalue weighted by Crippen LogP contribution is -2.28. The van der Waals surface area contributed by atoms with Crippen LogP contribution >= 0.6 is 23.4 Å². The van der Waals surface area contributed by atoms with Gasteiger partial charge in [0.2, 0.25) is 0 Å². The summed E-state index contributed by atoms with van der Waals surface area (Å²) in [5.74, 6) is 1.87. The molecular weight excluding hydrogens is 352 g/mol. The number of imidazole rings is 1. The van der Waals surface area contributed by atoms with Gasteiger partial charge in [0.05, 0.1) is 18.2 Å². The Hall–Kier alpha value is -1.91. The summed E-state index contributed by atoms with van der Waals surface area (Å²) < 4.78 is 7.43. The van der Waals surface area contributed by atoms with Crippen molar-refractivity contribution in [3.05, 3.63) is 82.9 Å². The van der Waals surface area contributed by atoms with Crippen molar-refractivity contribution in [2.75, 3.05) is 7.11 Å². The fraction of sp³-hybridized carbons (Fsp3) is 0.250. The van der Waals surface area contributed by atoms with Crippen LogP contribution in [0.3, 0.4) is 0 Å². The number of rotatable bonds is 5. The first-order valence-electron chi connectivity index (χ1n) is 8.20. The van der Waals surface area contributed by atoms with E-state index in [1.165, 1.54) is 16.7 Å². The number of halogens is 1. The second kappa shape index (κ2) is 6.77. The number of aromatic nitrogens is 2. The molecule has 1 aliphatic rings. The van der Waals surface area contributed by atoms with Gasteiger partial charge in [-0.15, -0.1) is 11.8 Å². The van der Waals surface area contributed by atoms with Crippen molar-refractivity contribution in [3.8, 4) is 5.75 Å². The molecule has 0 spiro atoms. The van der Waals surface area contributed by atoms with Gasteiger partial charge in [0, 0.05) is 29.7 Å². The Kier molecular flexibility index (Phi) is 4.48. The lowest BCUT2D eigenvalue weighted by atomic mass is 9.88. The third kappa shape index (κ3) is 3.29. The van der Waals surface area contributed by atoms with Gasteiger partial charge in [-0.1, -0.05) is 29.8 Å². The smallest absolute Gasteiger partial charge is 0.118 e. The largest absolute Gasteiger partial charge is 0.497 e. The fourth-order valence-corrected chi connectivity index (χ4v) is 5.23. The summed E-state index contributed by atoms with van der Waals surface area (Å²) >= 11 is 8.21. The molecule has 0 fully saturated rings. The molecule has 5 heteroatoms. The average molecular weight is 371 g/mol. The standard InChI is InChI=1S/C20H19ClN2OS/c1-24-18-5-2-15(3-6-18)11-20(13-23-9-8-22-14-23)19-7-4-17(21)10-16(19)12-25-20/h2-10,14H,11-13H2,1H3.